The third-order valence-corrected chi connectivity index (χ3v) is 6.58. The smallest absolute Gasteiger partial charge is 0.338 e. The van der Waals surface area contributed by atoms with Crippen LogP contribution >= 0.6 is 11.8 Å². The van der Waals surface area contributed by atoms with Gasteiger partial charge in [0.05, 0.1) is 5.56 Å². The average molecular weight is 518 g/mol. The Hall–Kier alpha value is -4.04. The predicted molar refractivity (Wildman–Crippen MR) is 143 cm³/mol. The largest absolute Gasteiger partial charge is 0.489 e. The van der Waals surface area contributed by atoms with Crippen molar-refractivity contribution in [1.29, 1.82) is 0 Å². The minimum absolute atomic E-state index is 0.264. The van der Waals surface area contributed by atoms with Gasteiger partial charge in [0, 0.05) is 34.7 Å². The lowest BCUT2D eigenvalue weighted by molar-refractivity contribution is -0.124. The molecule has 0 saturated carbocycles. The van der Waals surface area contributed by atoms with Gasteiger partial charge in [0.15, 0.2) is 6.61 Å². The molecule has 0 aliphatic carbocycles. The van der Waals surface area contributed by atoms with Gasteiger partial charge in [-0.3, -0.25) is 4.79 Å². The van der Waals surface area contributed by atoms with E-state index in [-0.39, 0.29) is 19.1 Å². The predicted octanol–water partition coefficient (Wildman–Crippen LogP) is 5.05. The number of nitrogens with one attached hydrogen (secondary N) is 1. The Kier molecular flexibility index (Phi) is 8.64. The number of hydrogen-bond acceptors (Lipinski definition) is 7. The van der Waals surface area contributed by atoms with Crippen molar-refractivity contribution in [2.24, 2.45) is 0 Å². The zero-order chi connectivity index (χ0) is 26.2. The van der Waals surface area contributed by atoms with Gasteiger partial charge in [0.2, 0.25) is 0 Å². The summed E-state index contributed by atoms with van der Waals surface area (Å²) < 4.78 is 16.2. The molecule has 190 valence electrons. The molecule has 8 heteroatoms. The molecule has 4 aromatic rings. The number of carbonyl (C=O) groups excluding carboxylic acids is 2. The zero-order valence-corrected chi connectivity index (χ0v) is 21.4. The molecule has 0 spiro atoms. The van der Waals surface area contributed by atoms with Crippen molar-refractivity contribution in [2.75, 3.05) is 18.9 Å². The van der Waals surface area contributed by atoms with Crippen LogP contribution in [0.3, 0.4) is 0 Å². The monoisotopic (exact) mass is 517 g/mol. The number of benzene rings is 3. The van der Waals surface area contributed by atoms with E-state index in [2.05, 4.69) is 5.32 Å². The lowest BCUT2D eigenvalue weighted by Crippen LogP contribution is -2.30. The van der Waals surface area contributed by atoms with E-state index < -0.39 is 11.6 Å². The van der Waals surface area contributed by atoms with Crippen LogP contribution in [0, 0.1) is 13.8 Å². The Morgan fingerprint density at radius 3 is 2.46 bits per heavy atom. The van der Waals surface area contributed by atoms with Crippen LogP contribution in [0.5, 0.6) is 5.75 Å². The number of esters is 1. The first-order valence-electron chi connectivity index (χ1n) is 11.8. The minimum Gasteiger partial charge on any atom is -0.489 e. The van der Waals surface area contributed by atoms with Gasteiger partial charge in [0.25, 0.3) is 5.91 Å². The van der Waals surface area contributed by atoms with Crippen LogP contribution in [0.4, 0.5) is 0 Å². The van der Waals surface area contributed by atoms with E-state index in [1.165, 1.54) is 11.6 Å². The highest BCUT2D eigenvalue weighted by Crippen LogP contribution is 2.23. The summed E-state index contributed by atoms with van der Waals surface area (Å²) in [4.78, 5) is 37.0. The molecular weight excluding hydrogens is 490 g/mol. The van der Waals surface area contributed by atoms with Crippen LogP contribution in [0.1, 0.15) is 27.0 Å². The standard InChI is InChI=1S/C29H27NO6S/c1-19-3-10-24(11-4-19)37-14-13-30-27(31)18-35-29(33)22-7-5-21(6-8-22)17-34-23-9-12-25-20(2)15-28(32)36-26(25)16-23/h3-12,15-16H,13-14,17-18H2,1-2H3,(H,30,31). The molecule has 0 atom stereocenters. The van der Waals surface area contributed by atoms with E-state index in [9.17, 15) is 14.4 Å². The first kappa shape index (κ1) is 26.0. The Morgan fingerprint density at radius 2 is 1.70 bits per heavy atom. The number of thioether (sulfide) groups is 1. The number of ether oxygens (including phenoxy) is 2. The molecule has 1 amide bonds. The molecule has 0 fully saturated rings. The number of rotatable bonds is 10. The van der Waals surface area contributed by atoms with E-state index in [0.29, 0.717) is 23.4 Å². The van der Waals surface area contributed by atoms with Crippen molar-refractivity contribution >= 4 is 34.6 Å². The summed E-state index contributed by atoms with van der Waals surface area (Å²) >= 11 is 1.65. The van der Waals surface area contributed by atoms with E-state index in [1.807, 2.05) is 50.2 Å². The summed E-state index contributed by atoms with van der Waals surface area (Å²) in [6.45, 7) is 4.30. The third-order valence-electron chi connectivity index (χ3n) is 5.57. The lowest BCUT2D eigenvalue weighted by atomic mass is 10.1. The van der Waals surface area contributed by atoms with Gasteiger partial charge in [0.1, 0.15) is 17.9 Å². The van der Waals surface area contributed by atoms with Gasteiger partial charge in [-0.15, -0.1) is 11.8 Å². The van der Waals surface area contributed by atoms with Gasteiger partial charge in [-0.05, 0) is 61.4 Å². The van der Waals surface area contributed by atoms with Gasteiger partial charge >= 0.3 is 11.6 Å². The molecule has 7 nitrogen and oxygen atoms in total. The van der Waals surface area contributed by atoms with Gasteiger partial charge in [-0.2, -0.15) is 0 Å². The lowest BCUT2D eigenvalue weighted by Gasteiger charge is -2.09. The quantitative estimate of drug-likeness (QED) is 0.136. The van der Waals surface area contributed by atoms with Crippen molar-refractivity contribution in [3.05, 3.63) is 105 Å². The Bertz CT molecular complexity index is 1440. The third kappa shape index (κ3) is 7.47. The van der Waals surface area contributed by atoms with Crippen molar-refractivity contribution in [3.63, 3.8) is 0 Å². The molecule has 0 aliphatic rings. The number of amides is 1. The Balaban J connectivity index is 1.19. The first-order chi connectivity index (χ1) is 17.9. The van der Waals surface area contributed by atoms with Crippen LogP contribution < -0.4 is 15.7 Å². The molecule has 4 rings (SSSR count). The molecule has 0 radical (unpaired) electrons. The maximum atomic E-state index is 12.3. The fourth-order valence-electron chi connectivity index (χ4n) is 3.56. The molecule has 3 aromatic carbocycles. The Labute approximate surface area is 218 Å². The minimum atomic E-state index is -0.573. The summed E-state index contributed by atoms with van der Waals surface area (Å²) in [5.41, 5.74) is 3.29. The summed E-state index contributed by atoms with van der Waals surface area (Å²) in [6.07, 6.45) is 0. The molecule has 0 saturated heterocycles. The highest BCUT2D eigenvalue weighted by molar-refractivity contribution is 7.99. The number of fused-ring (bicyclic) bond motifs is 1. The SMILES string of the molecule is Cc1ccc(SCCNC(=O)COC(=O)c2ccc(COc3ccc4c(C)cc(=O)oc4c3)cc2)cc1. The number of carbonyl (C=O) groups is 2. The molecule has 1 aromatic heterocycles. The van der Waals surface area contributed by atoms with Gasteiger partial charge < -0.3 is 19.2 Å². The topological polar surface area (TPSA) is 94.8 Å². The number of hydrogen-bond donors (Lipinski definition) is 1. The van der Waals surface area contributed by atoms with E-state index in [4.69, 9.17) is 13.9 Å². The fraction of sp³-hybridized carbons (Fsp3) is 0.207. The van der Waals surface area contributed by atoms with Crippen LogP contribution in [-0.4, -0.2) is 30.8 Å². The Morgan fingerprint density at radius 1 is 0.946 bits per heavy atom. The van der Waals surface area contributed by atoms with Crippen LogP contribution in [0.25, 0.3) is 11.0 Å². The molecule has 1 N–H and O–H groups in total. The normalized spacial score (nSPS) is 10.8. The van der Waals surface area contributed by atoms with E-state index >= 15 is 0 Å². The van der Waals surface area contributed by atoms with Crippen LogP contribution in [0.15, 0.2) is 86.9 Å². The highest BCUT2D eigenvalue weighted by Gasteiger charge is 2.11. The highest BCUT2D eigenvalue weighted by atomic mass is 32.2. The van der Waals surface area contributed by atoms with Gasteiger partial charge in [-0.25, -0.2) is 9.59 Å². The van der Waals surface area contributed by atoms with Crippen LogP contribution in [0.2, 0.25) is 0 Å². The van der Waals surface area contributed by atoms with Crippen molar-refractivity contribution < 1.29 is 23.5 Å². The molecule has 37 heavy (non-hydrogen) atoms. The average Bonchev–Trinajstić information content (AvgIpc) is 2.89. The maximum absolute atomic E-state index is 12.3. The van der Waals surface area contributed by atoms with E-state index in [0.717, 1.165) is 27.2 Å². The summed E-state index contributed by atoms with van der Waals surface area (Å²) in [6, 6.07) is 21.7. The second-order valence-corrected chi connectivity index (χ2v) is 9.65. The van der Waals surface area contributed by atoms with Gasteiger partial charge in [-0.1, -0.05) is 29.8 Å². The molecule has 0 unspecified atom stereocenters. The van der Waals surface area contributed by atoms with Crippen molar-refractivity contribution in [1.82, 2.24) is 5.32 Å². The molecular formula is C29H27NO6S. The second-order valence-electron chi connectivity index (χ2n) is 8.48. The van der Waals surface area contributed by atoms with Crippen LogP contribution in [-0.2, 0) is 16.1 Å². The maximum Gasteiger partial charge on any atom is 0.338 e. The van der Waals surface area contributed by atoms with Crippen molar-refractivity contribution in [3.8, 4) is 5.75 Å². The molecule has 0 aliphatic heterocycles. The van der Waals surface area contributed by atoms with Crippen molar-refractivity contribution in [2.45, 2.75) is 25.3 Å². The first-order valence-corrected chi connectivity index (χ1v) is 12.8. The fourth-order valence-corrected chi connectivity index (χ4v) is 4.33. The summed E-state index contributed by atoms with van der Waals surface area (Å²) in [5.74, 6) is 0.369. The molecule has 0 bridgehead atoms. The summed E-state index contributed by atoms with van der Waals surface area (Å²) in [7, 11) is 0. The zero-order valence-electron chi connectivity index (χ0n) is 20.6. The van der Waals surface area contributed by atoms with E-state index in [1.54, 1.807) is 42.1 Å². The summed E-state index contributed by atoms with van der Waals surface area (Å²) in [5, 5.41) is 3.60. The second kappa shape index (κ2) is 12.3. The number of aryl methyl sites for hydroxylation is 2. The molecule has 1 heterocycles.